The molecule has 3 nitrogen and oxygen atoms in total. The topological polar surface area (TPSA) is 29.5 Å². The summed E-state index contributed by atoms with van der Waals surface area (Å²) in [5.74, 6) is 0. The summed E-state index contributed by atoms with van der Waals surface area (Å²) in [7, 11) is 0. The molecule has 0 aliphatic heterocycles. The van der Waals surface area contributed by atoms with E-state index in [1.165, 1.54) is 62.2 Å². The maximum Gasteiger partial charge on any atom is 0.159 e. The minimum atomic E-state index is 0.849. The fourth-order valence-corrected chi connectivity index (χ4v) is 11.4. The van der Waals surface area contributed by atoms with Gasteiger partial charge in [-0.15, -0.1) is 22.7 Å². The van der Waals surface area contributed by atoms with Crippen molar-refractivity contribution in [2.24, 2.45) is 0 Å². The van der Waals surface area contributed by atoms with Gasteiger partial charge in [0.05, 0.1) is 11.4 Å². The van der Waals surface area contributed by atoms with Crippen LogP contribution in [0.4, 0.5) is 17.1 Å². The lowest BCUT2D eigenvalue weighted by molar-refractivity contribution is 0.667. The summed E-state index contributed by atoms with van der Waals surface area (Å²) in [5, 5.41) is 12.1. The highest BCUT2D eigenvalue weighted by atomic mass is 32.1. The van der Waals surface area contributed by atoms with Gasteiger partial charge in [0.2, 0.25) is 0 Å². The van der Waals surface area contributed by atoms with Crippen molar-refractivity contribution < 1.29 is 8.83 Å². The van der Waals surface area contributed by atoms with Crippen LogP contribution in [0, 0.1) is 0 Å². The smallest absolute Gasteiger partial charge is 0.159 e. The van der Waals surface area contributed by atoms with E-state index in [2.05, 4.69) is 163 Å². The first kappa shape index (κ1) is 31.3. The maximum absolute atomic E-state index is 6.71. The molecule has 4 aromatic heterocycles. The van der Waals surface area contributed by atoms with Crippen LogP contribution >= 0.6 is 22.7 Å². The summed E-state index contributed by atoms with van der Waals surface area (Å²) in [4.78, 5) is 2.34. The lowest BCUT2D eigenvalue weighted by atomic mass is 9.95. The predicted octanol–water partition coefficient (Wildman–Crippen LogP) is 16.5. The van der Waals surface area contributed by atoms with Crippen LogP contribution in [0.25, 0.3) is 106 Å². The highest BCUT2D eigenvalue weighted by Crippen LogP contribution is 2.49. The third kappa shape index (κ3) is 4.58. The van der Waals surface area contributed by atoms with Crippen LogP contribution in [-0.4, -0.2) is 0 Å². The molecule has 0 saturated heterocycles. The number of rotatable bonds is 4. The Morgan fingerprint density at radius 3 is 1.93 bits per heavy atom. The van der Waals surface area contributed by atoms with E-state index < -0.39 is 0 Å². The van der Waals surface area contributed by atoms with Crippen LogP contribution in [0.5, 0.6) is 0 Å². The largest absolute Gasteiger partial charge is 0.456 e. The molecule has 57 heavy (non-hydrogen) atoms. The van der Waals surface area contributed by atoms with Crippen molar-refractivity contribution in [3.05, 3.63) is 176 Å². The molecule has 0 radical (unpaired) electrons. The Bertz CT molecular complexity index is 3790. The maximum atomic E-state index is 6.71. The quantitative estimate of drug-likeness (QED) is 0.179. The Balaban J connectivity index is 1.09. The van der Waals surface area contributed by atoms with Gasteiger partial charge in [-0.2, -0.15) is 0 Å². The van der Waals surface area contributed by atoms with Gasteiger partial charge in [0.25, 0.3) is 0 Å². The van der Waals surface area contributed by atoms with Crippen molar-refractivity contribution >= 4 is 135 Å². The molecular weight excluding hydrogens is 735 g/mol. The van der Waals surface area contributed by atoms with E-state index in [9.17, 15) is 0 Å². The SMILES string of the molecule is c1ccc2c(c1)cc(-c1ccc3c(c1)sc1ccccc13)c1c3cc(N(c4ccc5c(c4)oc4ccccc45)c4cccc5c4oc4ccccc45)ccc3sc21. The Morgan fingerprint density at radius 2 is 1.04 bits per heavy atom. The molecule has 0 fully saturated rings. The van der Waals surface area contributed by atoms with Crippen LogP contribution in [0.2, 0.25) is 0 Å². The molecule has 13 aromatic rings. The molecule has 0 amide bonds. The highest BCUT2D eigenvalue weighted by Gasteiger charge is 2.23. The van der Waals surface area contributed by atoms with Gasteiger partial charge in [-0.3, -0.25) is 0 Å². The zero-order chi connectivity index (χ0) is 37.2. The van der Waals surface area contributed by atoms with E-state index in [0.29, 0.717) is 0 Å². The van der Waals surface area contributed by atoms with Gasteiger partial charge in [-0.1, -0.05) is 103 Å². The first-order valence-electron chi connectivity index (χ1n) is 19.1. The second-order valence-electron chi connectivity index (χ2n) is 14.8. The minimum absolute atomic E-state index is 0.849. The summed E-state index contributed by atoms with van der Waals surface area (Å²) in [6.45, 7) is 0. The van der Waals surface area contributed by atoms with Gasteiger partial charge < -0.3 is 13.7 Å². The van der Waals surface area contributed by atoms with E-state index in [1.807, 2.05) is 40.9 Å². The molecule has 266 valence electrons. The van der Waals surface area contributed by atoms with E-state index in [-0.39, 0.29) is 0 Å². The van der Waals surface area contributed by atoms with E-state index in [4.69, 9.17) is 8.83 Å². The summed E-state index contributed by atoms with van der Waals surface area (Å²) < 4.78 is 18.4. The first-order valence-corrected chi connectivity index (χ1v) is 20.8. The van der Waals surface area contributed by atoms with Gasteiger partial charge >= 0.3 is 0 Å². The number of hydrogen-bond donors (Lipinski definition) is 0. The summed E-state index contributed by atoms with van der Waals surface area (Å²) in [5.41, 5.74) is 8.95. The zero-order valence-electron chi connectivity index (χ0n) is 30.3. The average molecular weight is 764 g/mol. The van der Waals surface area contributed by atoms with Crippen molar-refractivity contribution in [1.29, 1.82) is 0 Å². The average Bonchev–Trinajstić information content (AvgIpc) is 4.03. The van der Waals surface area contributed by atoms with Crippen molar-refractivity contribution in [2.45, 2.75) is 0 Å². The summed E-state index contributed by atoms with van der Waals surface area (Å²) >= 11 is 3.75. The second-order valence-corrected chi connectivity index (χ2v) is 16.9. The van der Waals surface area contributed by atoms with Crippen molar-refractivity contribution in [3.63, 3.8) is 0 Å². The lowest BCUT2D eigenvalue weighted by Crippen LogP contribution is -2.10. The van der Waals surface area contributed by atoms with Crippen LogP contribution in [0.3, 0.4) is 0 Å². The number of para-hydroxylation sites is 3. The predicted molar refractivity (Wildman–Crippen MR) is 244 cm³/mol. The van der Waals surface area contributed by atoms with Gasteiger partial charge in [-0.25, -0.2) is 0 Å². The van der Waals surface area contributed by atoms with Gasteiger partial charge in [0.1, 0.15) is 16.7 Å². The fraction of sp³-hybridized carbons (Fsp3) is 0. The van der Waals surface area contributed by atoms with Crippen molar-refractivity contribution in [1.82, 2.24) is 0 Å². The minimum Gasteiger partial charge on any atom is -0.456 e. The Labute approximate surface area is 333 Å². The number of anilines is 3. The zero-order valence-corrected chi connectivity index (χ0v) is 32.0. The van der Waals surface area contributed by atoms with Crippen LogP contribution in [0.1, 0.15) is 0 Å². The number of furan rings is 2. The Kier molecular flexibility index (Phi) is 6.48. The summed E-state index contributed by atoms with van der Waals surface area (Å²) in [6, 6.07) is 63.5. The molecule has 0 atom stereocenters. The molecule has 0 aliphatic carbocycles. The number of thiophene rings is 2. The Morgan fingerprint density at radius 1 is 0.386 bits per heavy atom. The number of nitrogens with zero attached hydrogens (tertiary/aromatic N) is 1. The normalized spacial score (nSPS) is 12.2. The van der Waals surface area contributed by atoms with Gasteiger partial charge in [-0.05, 0) is 88.6 Å². The van der Waals surface area contributed by atoms with E-state index >= 15 is 0 Å². The van der Waals surface area contributed by atoms with Crippen LogP contribution < -0.4 is 4.90 Å². The number of fused-ring (bicyclic) bond motifs is 14. The second kappa shape index (κ2) is 11.8. The molecule has 0 spiro atoms. The van der Waals surface area contributed by atoms with Gasteiger partial charge in [0, 0.05) is 73.6 Å². The van der Waals surface area contributed by atoms with Crippen molar-refractivity contribution in [2.75, 3.05) is 4.90 Å². The van der Waals surface area contributed by atoms with Crippen LogP contribution in [0.15, 0.2) is 185 Å². The molecule has 0 N–H and O–H groups in total. The van der Waals surface area contributed by atoms with E-state index in [0.717, 1.165) is 60.9 Å². The highest BCUT2D eigenvalue weighted by molar-refractivity contribution is 7.27. The third-order valence-electron chi connectivity index (χ3n) is 11.6. The van der Waals surface area contributed by atoms with Crippen molar-refractivity contribution in [3.8, 4) is 11.1 Å². The molecule has 9 aromatic carbocycles. The number of benzene rings is 9. The lowest BCUT2D eigenvalue weighted by Gasteiger charge is -2.25. The molecular formula is C52H29NO2S2. The molecule has 5 heteroatoms. The molecule has 4 heterocycles. The molecule has 13 rings (SSSR count). The van der Waals surface area contributed by atoms with E-state index in [1.54, 1.807) is 0 Å². The van der Waals surface area contributed by atoms with Gasteiger partial charge in [0.15, 0.2) is 5.58 Å². The standard InChI is InChI=1S/C52H29NO2S2/c1-2-11-34-30(10-1)26-41(31-20-23-39-38-14-5-8-19-47(38)56-49(39)27-31)50-42-28-32(22-25-48(42)57-52(34)50)53(33-21-24-37-35-12-3-6-17-44(35)54-46(37)29-33)43-16-9-15-40-36-13-4-7-18-45(36)55-51(40)43/h1-29H. The third-order valence-corrected chi connectivity index (χ3v) is 14.0. The summed E-state index contributed by atoms with van der Waals surface area (Å²) in [6.07, 6.45) is 0. The first-order chi connectivity index (χ1) is 28.2. The molecule has 0 aliphatic rings. The number of hydrogen-bond acceptors (Lipinski definition) is 5. The molecule has 0 saturated carbocycles. The fourth-order valence-electron chi connectivity index (χ4n) is 9.05. The monoisotopic (exact) mass is 763 g/mol. The van der Waals surface area contributed by atoms with Crippen LogP contribution in [-0.2, 0) is 0 Å². The molecule has 0 bridgehead atoms. The Hall–Kier alpha value is -6.92. The molecule has 0 unspecified atom stereocenters.